The van der Waals surface area contributed by atoms with E-state index in [4.69, 9.17) is 10.2 Å². The molecule has 3 heterocycles. The van der Waals surface area contributed by atoms with Crippen LogP contribution < -0.4 is 5.73 Å². The van der Waals surface area contributed by atoms with Crippen molar-refractivity contribution in [2.24, 2.45) is 5.73 Å². The van der Waals surface area contributed by atoms with E-state index in [0.29, 0.717) is 30.9 Å². The molecule has 1 atom stereocenters. The topological polar surface area (TPSA) is 68.2 Å². The standard InChI is InChI=1S/C12H15BrN4OS/c13-10-4-3-9(19-10)12-16-15-11(18-12)7-17-5-1-2-8(17)6-14/h3-4,8H,1-2,5-7,14H2. The highest BCUT2D eigenvalue weighted by molar-refractivity contribution is 9.11. The van der Waals surface area contributed by atoms with Crippen LogP contribution in [0.5, 0.6) is 0 Å². The van der Waals surface area contributed by atoms with E-state index in [9.17, 15) is 0 Å². The Morgan fingerprint density at radius 2 is 2.37 bits per heavy atom. The molecule has 0 spiro atoms. The van der Waals surface area contributed by atoms with E-state index in [1.807, 2.05) is 12.1 Å². The normalized spacial score (nSPS) is 20.2. The smallest absolute Gasteiger partial charge is 0.257 e. The molecule has 102 valence electrons. The number of thiophene rings is 1. The van der Waals surface area contributed by atoms with Crippen LogP contribution in [0.25, 0.3) is 10.8 Å². The Labute approximate surface area is 123 Å². The molecule has 2 aromatic heterocycles. The van der Waals surface area contributed by atoms with Crippen molar-refractivity contribution in [3.8, 4) is 10.8 Å². The second kappa shape index (κ2) is 5.70. The third-order valence-electron chi connectivity index (χ3n) is 3.36. The Morgan fingerprint density at radius 1 is 1.47 bits per heavy atom. The first-order valence-electron chi connectivity index (χ1n) is 6.28. The molecule has 0 bridgehead atoms. The molecule has 5 nitrogen and oxygen atoms in total. The zero-order chi connectivity index (χ0) is 13.2. The molecule has 0 radical (unpaired) electrons. The van der Waals surface area contributed by atoms with E-state index >= 15 is 0 Å². The second-order valence-electron chi connectivity index (χ2n) is 4.61. The van der Waals surface area contributed by atoms with Crippen molar-refractivity contribution in [1.29, 1.82) is 0 Å². The zero-order valence-electron chi connectivity index (χ0n) is 10.4. The van der Waals surface area contributed by atoms with Crippen molar-refractivity contribution < 1.29 is 4.42 Å². The highest BCUT2D eigenvalue weighted by Crippen LogP contribution is 2.30. The largest absolute Gasteiger partial charge is 0.419 e. The minimum atomic E-state index is 0.450. The Morgan fingerprint density at radius 3 is 3.11 bits per heavy atom. The lowest BCUT2D eigenvalue weighted by Gasteiger charge is -2.20. The van der Waals surface area contributed by atoms with Gasteiger partial charge in [0.2, 0.25) is 5.89 Å². The fourth-order valence-electron chi connectivity index (χ4n) is 2.39. The quantitative estimate of drug-likeness (QED) is 0.924. The number of hydrogen-bond donors (Lipinski definition) is 1. The van der Waals surface area contributed by atoms with E-state index in [1.165, 1.54) is 6.42 Å². The molecule has 1 aliphatic heterocycles. The van der Waals surface area contributed by atoms with Gasteiger partial charge in [-0.05, 0) is 47.4 Å². The SMILES string of the molecule is NCC1CCCN1Cc1nnc(-c2ccc(Br)s2)o1. The summed E-state index contributed by atoms with van der Waals surface area (Å²) in [6.07, 6.45) is 2.36. The molecule has 1 fully saturated rings. The van der Waals surface area contributed by atoms with Crippen LogP contribution in [0.4, 0.5) is 0 Å². The summed E-state index contributed by atoms with van der Waals surface area (Å²) in [4.78, 5) is 3.31. The van der Waals surface area contributed by atoms with Gasteiger partial charge in [0.1, 0.15) is 0 Å². The van der Waals surface area contributed by atoms with Gasteiger partial charge >= 0.3 is 0 Å². The first-order chi connectivity index (χ1) is 9.26. The van der Waals surface area contributed by atoms with Gasteiger partial charge in [-0.1, -0.05) is 0 Å². The number of nitrogens with two attached hydrogens (primary N) is 1. The number of rotatable bonds is 4. The predicted octanol–water partition coefficient (Wildman–Crippen LogP) is 2.48. The number of aromatic nitrogens is 2. The molecule has 1 aliphatic rings. The summed E-state index contributed by atoms with van der Waals surface area (Å²) in [5.74, 6) is 1.26. The minimum Gasteiger partial charge on any atom is -0.419 e. The highest BCUT2D eigenvalue weighted by Gasteiger charge is 2.25. The van der Waals surface area contributed by atoms with Crippen LogP contribution in [0, 0.1) is 0 Å². The molecule has 1 saturated heterocycles. The van der Waals surface area contributed by atoms with Gasteiger partial charge in [-0.25, -0.2) is 0 Å². The van der Waals surface area contributed by atoms with Crippen molar-refractivity contribution in [2.75, 3.05) is 13.1 Å². The van der Waals surface area contributed by atoms with E-state index in [-0.39, 0.29) is 0 Å². The van der Waals surface area contributed by atoms with Gasteiger partial charge < -0.3 is 10.2 Å². The van der Waals surface area contributed by atoms with Crippen molar-refractivity contribution in [1.82, 2.24) is 15.1 Å². The molecule has 7 heteroatoms. The fourth-order valence-corrected chi connectivity index (χ4v) is 3.70. The van der Waals surface area contributed by atoms with Crippen LogP contribution in [-0.2, 0) is 6.54 Å². The molecule has 19 heavy (non-hydrogen) atoms. The summed E-state index contributed by atoms with van der Waals surface area (Å²) >= 11 is 5.02. The van der Waals surface area contributed by atoms with Crippen molar-refractivity contribution in [3.63, 3.8) is 0 Å². The Hall–Kier alpha value is -0.760. The fraction of sp³-hybridized carbons (Fsp3) is 0.500. The average Bonchev–Trinajstić information content (AvgIpc) is 3.10. The van der Waals surface area contributed by atoms with E-state index < -0.39 is 0 Å². The molecule has 0 saturated carbocycles. The Kier molecular flexibility index (Phi) is 3.97. The van der Waals surface area contributed by atoms with Crippen LogP contribution in [-0.4, -0.2) is 34.2 Å². The van der Waals surface area contributed by atoms with Crippen molar-refractivity contribution >= 4 is 27.3 Å². The number of nitrogens with zero attached hydrogens (tertiary/aromatic N) is 3. The summed E-state index contributed by atoms with van der Waals surface area (Å²) < 4.78 is 6.78. The monoisotopic (exact) mass is 342 g/mol. The van der Waals surface area contributed by atoms with Gasteiger partial charge in [0, 0.05) is 12.6 Å². The summed E-state index contributed by atoms with van der Waals surface area (Å²) in [6.45, 7) is 2.45. The lowest BCUT2D eigenvalue weighted by Crippen LogP contribution is -2.34. The molecule has 3 rings (SSSR count). The predicted molar refractivity (Wildman–Crippen MR) is 77.8 cm³/mol. The molecular formula is C12H15BrN4OS. The minimum absolute atomic E-state index is 0.450. The first kappa shape index (κ1) is 13.2. The molecule has 2 N–H and O–H groups in total. The van der Waals surface area contributed by atoms with Crippen LogP contribution >= 0.6 is 27.3 Å². The van der Waals surface area contributed by atoms with Crippen molar-refractivity contribution in [2.45, 2.75) is 25.4 Å². The van der Waals surface area contributed by atoms with E-state index in [1.54, 1.807) is 11.3 Å². The van der Waals surface area contributed by atoms with Gasteiger partial charge in [0.05, 0.1) is 15.2 Å². The summed E-state index contributed by atoms with van der Waals surface area (Å²) in [5, 5.41) is 8.23. The maximum absolute atomic E-state index is 5.77. The van der Waals surface area contributed by atoms with Crippen LogP contribution in [0.2, 0.25) is 0 Å². The van der Waals surface area contributed by atoms with Crippen LogP contribution in [0.3, 0.4) is 0 Å². The Bertz CT molecular complexity index is 555. The molecule has 1 unspecified atom stereocenters. The molecule has 0 amide bonds. The molecular weight excluding hydrogens is 328 g/mol. The number of hydrogen-bond acceptors (Lipinski definition) is 6. The van der Waals surface area contributed by atoms with Crippen molar-refractivity contribution in [3.05, 3.63) is 21.8 Å². The lowest BCUT2D eigenvalue weighted by molar-refractivity contribution is 0.226. The highest BCUT2D eigenvalue weighted by atomic mass is 79.9. The van der Waals surface area contributed by atoms with Gasteiger partial charge in [-0.3, -0.25) is 4.90 Å². The van der Waals surface area contributed by atoms with Crippen LogP contribution in [0.15, 0.2) is 20.3 Å². The van der Waals surface area contributed by atoms with Gasteiger partial charge in [0.25, 0.3) is 5.89 Å². The zero-order valence-corrected chi connectivity index (χ0v) is 12.8. The van der Waals surface area contributed by atoms with E-state index in [2.05, 4.69) is 31.0 Å². The first-order valence-corrected chi connectivity index (χ1v) is 7.89. The summed E-state index contributed by atoms with van der Waals surface area (Å²) in [5.41, 5.74) is 5.77. The molecule has 0 aliphatic carbocycles. The maximum atomic E-state index is 5.77. The van der Waals surface area contributed by atoms with Gasteiger partial charge in [-0.15, -0.1) is 21.5 Å². The third kappa shape index (κ3) is 2.89. The Balaban J connectivity index is 1.71. The summed E-state index contributed by atoms with van der Waals surface area (Å²) in [6, 6.07) is 4.41. The van der Waals surface area contributed by atoms with E-state index in [0.717, 1.165) is 21.6 Å². The average molecular weight is 343 g/mol. The van der Waals surface area contributed by atoms with Crippen LogP contribution in [0.1, 0.15) is 18.7 Å². The molecule has 2 aromatic rings. The lowest BCUT2D eigenvalue weighted by atomic mass is 10.2. The van der Waals surface area contributed by atoms with Gasteiger partial charge in [-0.2, -0.15) is 0 Å². The number of likely N-dealkylation sites (tertiary alicyclic amines) is 1. The summed E-state index contributed by atoms with van der Waals surface area (Å²) in [7, 11) is 0. The van der Waals surface area contributed by atoms with Gasteiger partial charge in [0.15, 0.2) is 0 Å². The second-order valence-corrected chi connectivity index (χ2v) is 7.07. The number of halogens is 1. The third-order valence-corrected chi connectivity index (χ3v) is 4.97. The molecule has 0 aromatic carbocycles. The maximum Gasteiger partial charge on any atom is 0.257 e.